The third-order valence-electron chi connectivity index (χ3n) is 6.05. The fourth-order valence-corrected chi connectivity index (χ4v) is 3.85. The number of carbonyl (C=O) groups excluding carboxylic acids is 3. The second kappa shape index (κ2) is 10.8. The summed E-state index contributed by atoms with van der Waals surface area (Å²) in [6.45, 7) is 5.23. The van der Waals surface area contributed by atoms with Crippen molar-refractivity contribution in [3.63, 3.8) is 0 Å². The summed E-state index contributed by atoms with van der Waals surface area (Å²) in [6.07, 6.45) is 0.223. The van der Waals surface area contributed by atoms with Crippen molar-refractivity contribution < 1.29 is 14.4 Å². The molecule has 10 heteroatoms. The van der Waals surface area contributed by atoms with Crippen molar-refractivity contribution in [1.82, 2.24) is 15.5 Å². The van der Waals surface area contributed by atoms with Gasteiger partial charge in [0.2, 0.25) is 6.17 Å². The van der Waals surface area contributed by atoms with Gasteiger partial charge in [-0.05, 0) is 36.4 Å². The minimum Gasteiger partial charge on any atom is -0.378 e. The van der Waals surface area contributed by atoms with Gasteiger partial charge in [0.1, 0.15) is 5.69 Å². The van der Waals surface area contributed by atoms with Gasteiger partial charge in [0, 0.05) is 42.6 Å². The maximum absolute atomic E-state index is 13.9. The SMILES string of the molecule is CN(C)c1cccc(NC(=O)N[C@@H]2N=C(c3cccnn3)c3ccccc3N(CC(=O)C(C)(C)C)C2=O)c1. The van der Waals surface area contributed by atoms with Crippen LogP contribution in [0.3, 0.4) is 0 Å². The maximum atomic E-state index is 13.9. The maximum Gasteiger partial charge on any atom is 0.321 e. The van der Waals surface area contributed by atoms with Crippen molar-refractivity contribution in [2.75, 3.05) is 35.8 Å². The number of aliphatic imine (C=N–C) groups is 1. The molecule has 1 atom stereocenters. The van der Waals surface area contributed by atoms with Crippen LogP contribution in [0, 0.1) is 5.41 Å². The van der Waals surface area contributed by atoms with Gasteiger partial charge in [-0.15, -0.1) is 5.10 Å². The fourth-order valence-electron chi connectivity index (χ4n) is 3.85. The minimum absolute atomic E-state index is 0.132. The Labute approximate surface area is 221 Å². The van der Waals surface area contributed by atoms with E-state index in [0.29, 0.717) is 28.3 Å². The van der Waals surface area contributed by atoms with Gasteiger partial charge in [0.15, 0.2) is 5.78 Å². The van der Waals surface area contributed by atoms with Gasteiger partial charge in [-0.1, -0.05) is 45.0 Å². The van der Waals surface area contributed by atoms with Crippen molar-refractivity contribution in [1.29, 1.82) is 0 Å². The van der Waals surface area contributed by atoms with Gasteiger partial charge in [-0.3, -0.25) is 9.59 Å². The smallest absolute Gasteiger partial charge is 0.321 e. The Kier molecular flexibility index (Phi) is 7.52. The van der Waals surface area contributed by atoms with Crippen molar-refractivity contribution in [2.24, 2.45) is 10.4 Å². The quantitative estimate of drug-likeness (QED) is 0.521. The van der Waals surface area contributed by atoms with Crippen LogP contribution >= 0.6 is 0 Å². The highest BCUT2D eigenvalue weighted by molar-refractivity contribution is 6.20. The lowest BCUT2D eigenvalue weighted by atomic mass is 9.90. The van der Waals surface area contributed by atoms with Crippen LogP contribution in [0.2, 0.25) is 0 Å². The van der Waals surface area contributed by atoms with E-state index in [2.05, 4.69) is 25.8 Å². The molecule has 0 aliphatic carbocycles. The highest BCUT2D eigenvalue weighted by atomic mass is 16.2. The second-order valence-electron chi connectivity index (χ2n) is 10.1. The molecule has 2 N–H and O–H groups in total. The number of fused-ring (bicyclic) bond motifs is 1. The minimum atomic E-state index is -1.32. The summed E-state index contributed by atoms with van der Waals surface area (Å²) in [5.41, 5.74) is 2.70. The van der Waals surface area contributed by atoms with E-state index in [1.807, 2.05) is 43.3 Å². The molecule has 2 aromatic carbocycles. The highest BCUT2D eigenvalue weighted by Gasteiger charge is 2.36. The number of amides is 3. The van der Waals surface area contributed by atoms with Crippen LogP contribution in [0.4, 0.5) is 21.9 Å². The second-order valence-corrected chi connectivity index (χ2v) is 10.1. The van der Waals surface area contributed by atoms with Crippen molar-refractivity contribution in [3.8, 4) is 0 Å². The Hall–Kier alpha value is -4.60. The lowest BCUT2D eigenvalue weighted by molar-refractivity contribution is -0.127. The number of benzene rings is 2. The molecule has 3 amide bonds. The third-order valence-corrected chi connectivity index (χ3v) is 6.05. The van der Waals surface area contributed by atoms with Gasteiger partial charge in [0.25, 0.3) is 5.91 Å². The molecule has 1 aromatic heterocycles. The molecule has 4 rings (SSSR count). The number of para-hydroxylation sites is 1. The largest absolute Gasteiger partial charge is 0.378 e. The lowest BCUT2D eigenvalue weighted by Gasteiger charge is -2.28. The number of hydrogen-bond acceptors (Lipinski definition) is 7. The van der Waals surface area contributed by atoms with Gasteiger partial charge in [0.05, 0.1) is 17.9 Å². The monoisotopic (exact) mass is 513 g/mol. The van der Waals surface area contributed by atoms with E-state index in [-0.39, 0.29) is 12.3 Å². The molecule has 1 aliphatic rings. The molecule has 0 fully saturated rings. The molecule has 196 valence electrons. The molecule has 0 unspecified atom stereocenters. The van der Waals surface area contributed by atoms with E-state index in [1.165, 1.54) is 11.1 Å². The van der Waals surface area contributed by atoms with E-state index >= 15 is 0 Å². The van der Waals surface area contributed by atoms with E-state index in [4.69, 9.17) is 0 Å². The molecule has 38 heavy (non-hydrogen) atoms. The van der Waals surface area contributed by atoms with E-state index in [9.17, 15) is 14.4 Å². The van der Waals surface area contributed by atoms with Crippen LogP contribution in [0.5, 0.6) is 0 Å². The summed E-state index contributed by atoms with van der Waals surface area (Å²) < 4.78 is 0. The van der Waals surface area contributed by atoms with Gasteiger partial charge >= 0.3 is 6.03 Å². The average molecular weight is 514 g/mol. The summed E-state index contributed by atoms with van der Waals surface area (Å²) in [5.74, 6) is -0.668. The first kappa shape index (κ1) is 26.5. The number of nitrogens with one attached hydrogen (secondary N) is 2. The topological polar surface area (TPSA) is 120 Å². The number of benzodiazepines with no additional fused rings is 1. The molecular weight excluding hydrogens is 482 g/mol. The van der Waals surface area contributed by atoms with Crippen molar-refractivity contribution in [3.05, 3.63) is 78.1 Å². The predicted octanol–water partition coefficient (Wildman–Crippen LogP) is 3.49. The zero-order chi connectivity index (χ0) is 27.4. The molecule has 0 saturated carbocycles. The number of anilines is 3. The number of nitrogens with zero attached hydrogens (tertiary/aromatic N) is 5. The molecule has 10 nitrogen and oxygen atoms in total. The van der Waals surface area contributed by atoms with Gasteiger partial charge in [-0.2, -0.15) is 5.10 Å². The lowest BCUT2D eigenvalue weighted by Crippen LogP contribution is -2.50. The first-order chi connectivity index (χ1) is 18.0. The van der Waals surface area contributed by atoms with Crippen LogP contribution < -0.4 is 20.4 Å². The number of Topliss-reactive ketones (excluding diaryl/α,β-unsaturated/α-hetero) is 1. The molecule has 2 heterocycles. The van der Waals surface area contributed by atoms with E-state index < -0.39 is 23.5 Å². The zero-order valence-electron chi connectivity index (χ0n) is 22.1. The summed E-state index contributed by atoms with van der Waals surface area (Å²) in [5, 5.41) is 13.6. The first-order valence-electron chi connectivity index (χ1n) is 12.2. The van der Waals surface area contributed by atoms with Crippen LogP contribution in [-0.4, -0.2) is 60.4 Å². The Bertz CT molecular complexity index is 1380. The van der Waals surface area contributed by atoms with Crippen molar-refractivity contribution in [2.45, 2.75) is 26.9 Å². The standard InChI is InChI=1S/C28H31N7O3/c1-28(2,3)23(36)17-35-22-14-7-6-12-20(22)24(21-13-9-15-29-33-21)31-25(26(35)37)32-27(38)30-18-10-8-11-19(16-18)34(4)5/h6-16,25H,17H2,1-5H3,(H2,30,32,38)/t25-/m0/s1. The predicted molar refractivity (Wildman–Crippen MR) is 148 cm³/mol. The molecular formula is C28H31N7O3. The molecule has 1 aliphatic heterocycles. The Morgan fingerprint density at radius 3 is 2.47 bits per heavy atom. The van der Waals surface area contributed by atoms with Crippen molar-refractivity contribution >= 4 is 40.5 Å². The molecule has 3 aromatic rings. The molecule has 0 saturated heterocycles. The number of urea groups is 1. The van der Waals surface area contributed by atoms with Crippen LogP contribution in [0.25, 0.3) is 0 Å². The van der Waals surface area contributed by atoms with E-state index in [1.54, 1.807) is 57.2 Å². The van der Waals surface area contributed by atoms with Gasteiger partial charge < -0.3 is 20.4 Å². The zero-order valence-corrected chi connectivity index (χ0v) is 22.1. The van der Waals surface area contributed by atoms with Crippen LogP contribution in [0.15, 0.2) is 71.9 Å². The number of carbonyl (C=O) groups is 3. The number of hydrogen-bond donors (Lipinski definition) is 2. The van der Waals surface area contributed by atoms with Gasteiger partial charge in [-0.25, -0.2) is 9.79 Å². The Morgan fingerprint density at radius 1 is 1.03 bits per heavy atom. The fraction of sp³-hybridized carbons (Fsp3) is 0.286. The normalized spacial score (nSPS) is 15.2. The highest BCUT2D eigenvalue weighted by Crippen LogP contribution is 2.29. The van der Waals surface area contributed by atoms with Crippen LogP contribution in [0.1, 0.15) is 32.0 Å². The summed E-state index contributed by atoms with van der Waals surface area (Å²) in [6, 6.07) is 17.3. The average Bonchev–Trinajstić information content (AvgIpc) is 2.99. The summed E-state index contributed by atoms with van der Waals surface area (Å²) in [4.78, 5) is 47.9. The summed E-state index contributed by atoms with van der Waals surface area (Å²) >= 11 is 0. The van der Waals surface area contributed by atoms with Crippen LogP contribution in [-0.2, 0) is 9.59 Å². The number of rotatable bonds is 6. The summed E-state index contributed by atoms with van der Waals surface area (Å²) in [7, 11) is 3.80. The number of ketones is 1. The van der Waals surface area contributed by atoms with E-state index in [0.717, 1.165) is 5.69 Å². The Balaban J connectivity index is 1.73. The third kappa shape index (κ3) is 5.86. The Morgan fingerprint density at radius 2 is 1.79 bits per heavy atom. The first-order valence-corrected chi connectivity index (χ1v) is 12.2. The molecule has 0 bridgehead atoms. The molecule has 0 radical (unpaired) electrons. The molecule has 0 spiro atoms. The number of aromatic nitrogens is 2.